The molecule has 0 bridgehead atoms. The van der Waals surface area contributed by atoms with Crippen LogP contribution >= 0.6 is 0 Å². The van der Waals surface area contributed by atoms with Crippen molar-refractivity contribution < 1.29 is 17.9 Å². The number of amides is 1. The van der Waals surface area contributed by atoms with Crippen LogP contribution in [0.3, 0.4) is 0 Å². The first-order chi connectivity index (χ1) is 12.6. The van der Waals surface area contributed by atoms with Gasteiger partial charge in [0.25, 0.3) is 5.91 Å². The van der Waals surface area contributed by atoms with Gasteiger partial charge in [0, 0.05) is 19.3 Å². The first kappa shape index (κ1) is 20.9. The van der Waals surface area contributed by atoms with E-state index in [9.17, 15) is 13.2 Å². The summed E-state index contributed by atoms with van der Waals surface area (Å²) in [5.41, 5.74) is 2.78. The average molecular weight is 391 g/mol. The standard InChI is InChI=1S/C20H26N2O4S/c1-15(2)17-7-9-18(10-8-17)21-20(23)14-26-19-11-5-16(6-12-19)13-22(3)27(4,24)25/h5-12,15H,13-14H2,1-4H3,(H,21,23). The SMILES string of the molecule is CC(C)c1ccc(NC(=O)COc2ccc(CN(C)S(C)(=O)=O)cc2)cc1. The summed E-state index contributed by atoms with van der Waals surface area (Å²) in [6, 6.07) is 14.7. The smallest absolute Gasteiger partial charge is 0.262 e. The molecule has 0 saturated carbocycles. The molecule has 0 fully saturated rings. The van der Waals surface area contributed by atoms with E-state index < -0.39 is 10.0 Å². The lowest BCUT2D eigenvalue weighted by atomic mass is 10.0. The lowest BCUT2D eigenvalue weighted by Crippen LogP contribution is -2.24. The van der Waals surface area contributed by atoms with Gasteiger partial charge in [0.2, 0.25) is 10.0 Å². The van der Waals surface area contributed by atoms with E-state index >= 15 is 0 Å². The van der Waals surface area contributed by atoms with Crippen LogP contribution in [0.25, 0.3) is 0 Å². The van der Waals surface area contributed by atoms with Gasteiger partial charge in [0.05, 0.1) is 6.26 Å². The summed E-state index contributed by atoms with van der Waals surface area (Å²) in [4.78, 5) is 12.0. The predicted molar refractivity (Wildman–Crippen MR) is 107 cm³/mol. The van der Waals surface area contributed by atoms with Crippen molar-refractivity contribution in [3.05, 3.63) is 59.7 Å². The molecule has 0 saturated heterocycles. The molecule has 27 heavy (non-hydrogen) atoms. The van der Waals surface area contributed by atoms with Crippen molar-refractivity contribution in [3.8, 4) is 5.75 Å². The molecule has 2 aromatic rings. The number of ether oxygens (including phenoxy) is 1. The minimum Gasteiger partial charge on any atom is -0.484 e. The van der Waals surface area contributed by atoms with Crippen molar-refractivity contribution in [2.24, 2.45) is 0 Å². The molecule has 0 radical (unpaired) electrons. The summed E-state index contributed by atoms with van der Waals surface area (Å²) < 4.78 is 29.6. The molecule has 0 atom stereocenters. The number of benzene rings is 2. The molecular formula is C20H26N2O4S. The van der Waals surface area contributed by atoms with Crippen molar-refractivity contribution >= 4 is 21.6 Å². The fourth-order valence-corrected chi connectivity index (χ4v) is 2.75. The highest BCUT2D eigenvalue weighted by atomic mass is 32.2. The van der Waals surface area contributed by atoms with Crippen molar-refractivity contribution in [2.75, 3.05) is 25.2 Å². The number of sulfonamides is 1. The molecule has 146 valence electrons. The van der Waals surface area contributed by atoms with E-state index in [4.69, 9.17) is 4.74 Å². The number of anilines is 1. The van der Waals surface area contributed by atoms with Gasteiger partial charge in [0.15, 0.2) is 6.61 Å². The van der Waals surface area contributed by atoms with E-state index in [1.54, 1.807) is 24.3 Å². The first-order valence-corrected chi connectivity index (χ1v) is 10.5. The Balaban J connectivity index is 1.84. The molecule has 2 aromatic carbocycles. The van der Waals surface area contributed by atoms with Gasteiger partial charge in [-0.2, -0.15) is 0 Å². The molecule has 0 aliphatic carbocycles. The topological polar surface area (TPSA) is 75.7 Å². The number of rotatable bonds is 8. The van der Waals surface area contributed by atoms with Gasteiger partial charge < -0.3 is 10.1 Å². The second-order valence-corrected chi connectivity index (χ2v) is 8.87. The molecule has 0 heterocycles. The Hall–Kier alpha value is -2.38. The molecule has 0 aliphatic rings. The Morgan fingerprint density at radius 1 is 1.07 bits per heavy atom. The van der Waals surface area contributed by atoms with E-state index in [1.807, 2.05) is 24.3 Å². The summed E-state index contributed by atoms with van der Waals surface area (Å²) in [5, 5.41) is 2.80. The summed E-state index contributed by atoms with van der Waals surface area (Å²) in [6.45, 7) is 4.41. The fourth-order valence-electron chi connectivity index (χ4n) is 2.36. The zero-order valence-electron chi connectivity index (χ0n) is 16.1. The molecule has 0 unspecified atom stereocenters. The Bertz CT molecular complexity index is 860. The van der Waals surface area contributed by atoms with Gasteiger partial charge >= 0.3 is 0 Å². The third-order valence-electron chi connectivity index (χ3n) is 4.13. The van der Waals surface area contributed by atoms with Crippen LogP contribution < -0.4 is 10.1 Å². The molecule has 0 aromatic heterocycles. The third kappa shape index (κ3) is 6.69. The largest absolute Gasteiger partial charge is 0.484 e. The monoisotopic (exact) mass is 390 g/mol. The molecule has 6 nitrogen and oxygen atoms in total. The second kappa shape index (κ2) is 9.01. The Kier molecular flexibility index (Phi) is 6.98. The Labute approximate surface area is 161 Å². The summed E-state index contributed by atoms with van der Waals surface area (Å²) in [5.74, 6) is 0.748. The van der Waals surface area contributed by atoms with E-state index in [0.717, 1.165) is 11.3 Å². The number of carbonyl (C=O) groups excluding carboxylic acids is 1. The minimum absolute atomic E-state index is 0.103. The molecule has 0 aliphatic heterocycles. The number of hydrogen-bond donors (Lipinski definition) is 1. The van der Waals surface area contributed by atoms with Crippen molar-refractivity contribution in [1.29, 1.82) is 0 Å². The molecule has 0 spiro atoms. The highest BCUT2D eigenvalue weighted by Crippen LogP contribution is 2.17. The molecule has 7 heteroatoms. The Morgan fingerprint density at radius 3 is 2.19 bits per heavy atom. The first-order valence-electron chi connectivity index (χ1n) is 8.68. The van der Waals surface area contributed by atoms with Crippen LogP contribution in [-0.2, 0) is 21.4 Å². The lowest BCUT2D eigenvalue weighted by Gasteiger charge is -2.14. The van der Waals surface area contributed by atoms with Gasteiger partial charge in [-0.05, 0) is 41.3 Å². The number of nitrogens with zero attached hydrogens (tertiary/aromatic N) is 1. The Morgan fingerprint density at radius 2 is 1.67 bits per heavy atom. The van der Waals surface area contributed by atoms with Gasteiger partial charge in [-0.15, -0.1) is 0 Å². The highest BCUT2D eigenvalue weighted by Gasteiger charge is 2.11. The van der Waals surface area contributed by atoms with Gasteiger partial charge in [-0.1, -0.05) is 38.1 Å². The molecule has 2 rings (SSSR count). The highest BCUT2D eigenvalue weighted by molar-refractivity contribution is 7.88. The third-order valence-corrected chi connectivity index (χ3v) is 5.39. The van der Waals surface area contributed by atoms with E-state index in [-0.39, 0.29) is 19.1 Å². The summed E-state index contributed by atoms with van der Waals surface area (Å²) >= 11 is 0. The fraction of sp³-hybridized carbons (Fsp3) is 0.350. The lowest BCUT2D eigenvalue weighted by molar-refractivity contribution is -0.118. The molecular weight excluding hydrogens is 364 g/mol. The van der Waals surface area contributed by atoms with Crippen LogP contribution in [0.15, 0.2) is 48.5 Å². The van der Waals surface area contributed by atoms with Crippen LogP contribution in [0.4, 0.5) is 5.69 Å². The maximum absolute atomic E-state index is 12.0. The van der Waals surface area contributed by atoms with Gasteiger partial charge in [-0.25, -0.2) is 12.7 Å². The van der Waals surface area contributed by atoms with Crippen LogP contribution in [0, 0.1) is 0 Å². The summed E-state index contributed by atoms with van der Waals surface area (Å²) in [7, 11) is -1.70. The normalized spacial score (nSPS) is 11.6. The van der Waals surface area contributed by atoms with Crippen LogP contribution in [0.2, 0.25) is 0 Å². The second-order valence-electron chi connectivity index (χ2n) is 6.78. The van der Waals surface area contributed by atoms with Crippen molar-refractivity contribution in [3.63, 3.8) is 0 Å². The minimum atomic E-state index is -3.22. The number of nitrogens with one attached hydrogen (secondary N) is 1. The van der Waals surface area contributed by atoms with E-state index in [0.29, 0.717) is 11.7 Å². The zero-order valence-corrected chi connectivity index (χ0v) is 16.9. The summed E-state index contributed by atoms with van der Waals surface area (Å²) in [6.07, 6.45) is 1.17. The maximum atomic E-state index is 12.0. The van der Waals surface area contributed by atoms with E-state index in [1.165, 1.54) is 23.2 Å². The van der Waals surface area contributed by atoms with Gasteiger partial charge in [-0.3, -0.25) is 4.79 Å². The maximum Gasteiger partial charge on any atom is 0.262 e. The quantitative estimate of drug-likeness (QED) is 0.751. The van der Waals surface area contributed by atoms with Crippen molar-refractivity contribution in [2.45, 2.75) is 26.3 Å². The molecule has 1 N–H and O–H groups in total. The number of carbonyl (C=O) groups is 1. The predicted octanol–water partition coefficient (Wildman–Crippen LogP) is 3.22. The van der Waals surface area contributed by atoms with Gasteiger partial charge in [0.1, 0.15) is 5.75 Å². The van der Waals surface area contributed by atoms with Crippen LogP contribution in [0.1, 0.15) is 30.9 Å². The average Bonchev–Trinajstić information content (AvgIpc) is 2.61. The van der Waals surface area contributed by atoms with Crippen LogP contribution in [-0.4, -0.2) is 38.5 Å². The molecule has 1 amide bonds. The van der Waals surface area contributed by atoms with Crippen molar-refractivity contribution in [1.82, 2.24) is 4.31 Å². The zero-order chi connectivity index (χ0) is 20.0. The van der Waals surface area contributed by atoms with Crippen LogP contribution in [0.5, 0.6) is 5.75 Å². The van der Waals surface area contributed by atoms with E-state index in [2.05, 4.69) is 19.2 Å². The number of hydrogen-bond acceptors (Lipinski definition) is 4.